The smallest absolute Gasteiger partial charge is 0.311 e. The minimum atomic E-state index is -0.994. The lowest BCUT2D eigenvalue weighted by Gasteiger charge is -2.03. The summed E-state index contributed by atoms with van der Waals surface area (Å²) < 4.78 is 0. The van der Waals surface area contributed by atoms with Crippen molar-refractivity contribution in [1.29, 1.82) is 0 Å². The Morgan fingerprint density at radius 2 is 2.17 bits per heavy atom. The molecule has 0 unspecified atom stereocenters. The molecule has 8 nitrogen and oxygen atoms in total. The van der Waals surface area contributed by atoms with Crippen molar-refractivity contribution in [2.45, 2.75) is 19.3 Å². The number of pyridine rings is 1. The van der Waals surface area contributed by atoms with Crippen LogP contribution in [-0.4, -0.2) is 26.9 Å². The van der Waals surface area contributed by atoms with Gasteiger partial charge in [-0.2, -0.15) is 0 Å². The first-order valence-corrected chi connectivity index (χ1v) is 5.11. The molecule has 1 rings (SSSR count). The molecule has 0 radical (unpaired) electrons. The van der Waals surface area contributed by atoms with E-state index < -0.39 is 16.8 Å². The second-order valence-corrected chi connectivity index (χ2v) is 3.42. The van der Waals surface area contributed by atoms with Crippen LogP contribution in [0.15, 0.2) is 18.3 Å². The van der Waals surface area contributed by atoms with Crippen LogP contribution in [0.3, 0.4) is 0 Å². The molecule has 0 aliphatic carbocycles. The zero-order valence-electron chi connectivity index (χ0n) is 9.33. The summed E-state index contributed by atoms with van der Waals surface area (Å²) in [6.45, 7) is 0. The third-order valence-corrected chi connectivity index (χ3v) is 2.04. The van der Waals surface area contributed by atoms with Gasteiger partial charge in [-0.1, -0.05) is 0 Å². The lowest BCUT2D eigenvalue weighted by Crippen LogP contribution is -2.14. The molecule has 0 aromatic carbocycles. The largest absolute Gasteiger partial charge is 0.481 e. The summed E-state index contributed by atoms with van der Waals surface area (Å²) >= 11 is 0. The van der Waals surface area contributed by atoms with Gasteiger partial charge in [0.25, 0.3) is 0 Å². The number of carboxylic acids is 1. The maximum absolute atomic E-state index is 11.4. The summed E-state index contributed by atoms with van der Waals surface area (Å²) in [4.78, 5) is 35.3. The van der Waals surface area contributed by atoms with Crippen molar-refractivity contribution in [2.24, 2.45) is 0 Å². The van der Waals surface area contributed by atoms with Gasteiger partial charge in [-0.05, 0) is 12.5 Å². The summed E-state index contributed by atoms with van der Waals surface area (Å²) in [6.07, 6.45) is 1.33. The highest BCUT2D eigenvalue weighted by molar-refractivity contribution is 5.91. The van der Waals surface area contributed by atoms with E-state index in [4.69, 9.17) is 5.11 Å². The average molecular weight is 253 g/mol. The van der Waals surface area contributed by atoms with Crippen molar-refractivity contribution in [3.63, 3.8) is 0 Å². The van der Waals surface area contributed by atoms with Crippen molar-refractivity contribution in [2.75, 3.05) is 5.32 Å². The second kappa shape index (κ2) is 6.28. The van der Waals surface area contributed by atoms with Gasteiger partial charge in [-0.15, -0.1) is 0 Å². The average Bonchev–Trinajstić information content (AvgIpc) is 2.28. The number of aliphatic carboxylic acids is 1. The van der Waals surface area contributed by atoms with Gasteiger partial charge in [-0.3, -0.25) is 19.7 Å². The topological polar surface area (TPSA) is 122 Å². The number of hydrogen-bond donors (Lipinski definition) is 2. The molecule has 96 valence electrons. The van der Waals surface area contributed by atoms with Crippen LogP contribution < -0.4 is 5.32 Å². The van der Waals surface area contributed by atoms with Crippen molar-refractivity contribution in [1.82, 2.24) is 4.98 Å². The van der Waals surface area contributed by atoms with Gasteiger partial charge < -0.3 is 10.4 Å². The van der Waals surface area contributed by atoms with Gasteiger partial charge in [-0.25, -0.2) is 4.98 Å². The highest BCUT2D eigenvalue weighted by Crippen LogP contribution is 2.20. The minimum absolute atomic E-state index is 0.0277. The molecule has 1 aromatic heterocycles. The van der Waals surface area contributed by atoms with Crippen molar-refractivity contribution < 1.29 is 19.6 Å². The summed E-state index contributed by atoms with van der Waals surface area (Å²) in [5.41, 5.74) is -0.302. The lowest BCUT2D eigenvalue weighted by molar-refractivity contribution is -0.384. The van der Waals surface area contributed by atoms with E-state index in [-0.39, 0.29) is 30.8 Å². The van der Waals surface area contributed by atoms with Crippen LogP contribution in [-0.2, 0) is 9.59 Å². The molecule has 1 amide bonds. The van der Waals surface area contributed by atoms with Crippen LogP contribution in [0, 0.1) is 10.1 Å². The van der Waals surface area contributed by atoms with E-state index in [1.54, 1.807) is 0 Å². The number of nitrogens with one attached hydrogen (secondary N) is 1. The first-order valence-electron chi connectivity index (χ1n) is 5.11. The molecule has 0 fully saturated rings. The second-order valence-electron chi connectivity index (χ2n) is 3.42. The molecular weight excluding hydrogens is 242 g/mol. The van der Waals surface area contributed by atoms with Crippen molar-refractivity contribution in [3.05, 3.63) is 28.4 Å². The van der Waals surface area contributed by atoms with Crippen LogP contribution in [0.1, 0.15) is 19.3 Å². The molecule has 0 aliphatic heterocycles. The Morgan fingerprint density at radius 3 is 2.78 bits per heavy atom. The van der Waals surface area contributed by atoms with Crippen LogP contribution in [0.5, 0.6) is 0 Å². The molecule has 0 aliphatic rings. The van der Waals surface area contributed by atoms with Crippen LogP contribution in [0.25, 0.3) is 0 Å². The Labute approximate surface area is 102 Å². The fourth-order valence-electron chi connectivity index (χ4n) is 1.24. The number of hydrogen-bond acceptors (Lipinski definition) is 5. The highest BCUT2D eigenvalue weighted by Gasteiger charge is 2.16. The number of amides is 1. The Kier molecular flexibility index (Phi) is 4.73. The molecule has 1 heterocycles. The summed E-state index contributed by atoms with van der Waals surface area (Å²) in [6, 6.07) is 2.61. The maximum Gasteiger partial charge on any atom is 0.311 e. The first-order chi connectivity index (χ1) is 8.50. The van der Waals surface area contributed by atoms with E-state index in [2.05, 4.69) is 10.3 Å². The predicted octanol–water partition coefficient (Wildman–Crippen LogP) is 1.18. The monoisotopic (exact) mass is 253 g/mol. The number of carbonyl (C=O) groups excluding carboxylic acids is 1. The number of carbonyl (C=O) groups is 2. The zero-order chi connectivity index (χ0) is 13.5. The standard InChI is InChI=1S/C10H11N3O5/c14-8(4-1-5-9(15)16)12-10-7(13(17)18)3-2-6-11-10/h2-3,6H,1,4-5H2,(H,15,16)(H,11,12,14). The Balaban J connectivity index is 2.59. The van der Waals surface area contributed by atoms with Gasteiger partial charge in [0.05, 0.1) is 4.92 Å². The van der Waals surface area contributed by atoms with E-state index in [1.165, 1.54) is 18.3 Å². The summed E-state index contributed by atoms with van der Waals surface area (Å²) in [5, 5.41) is 21.3. The van der Waals surface area contributed by atoms with E-state index in [0.717, 1.165) is 0 Å². The van der Waals surface area contributed by atoms with Gasteiger partial charge in [0.15, 0.2) is 0 Å². The highest BCUT2D eigenvalue weighted by atomic mass is 16.6. The fourth-order valence-corrected chi connectivity index (χ4v) is 1.24. The molecule has 0 bridgehead atoms. The number of aromatic nitrogens is 1. The van der Waals surface area contributed by atoms with Gasteiger partial charge in [0, 0.05) is 25.1 Å². The maximum atomic E-state index is 11.4. The van der Waals surface area contributed by atoms with Crippen molar-refractivity contribution in [3.8, 4) is 0 Å². The third kappa shape index (κ3) is 4.16. The molecule has 8 heteroatoms. The molecule has 18 heavy (non-hydrogen) atoms. The zero-order valence-corrected chi connectivity index (χ0v) is 9.33. The van der Waals surface area contributed by atoms with Crippen LogP contribution >= 0.6 is 0 Å². The van der Waals surface area contributed by atoms with Crippen LogP contribution in [0.2, 0.25) is 0 Å². The molecule has 0 spiro atoms. The van der Waals surface area contributed by atoms with Gasteiger partial charge in [0.2, 0.25) is 11.7 Å². The molecule has 0 atom stereocenters. The first kappa shape index (κ1) is 13.6. The summed E-state index contributed by atoms with van der Waals surface area (Å²) in [5.74, 6) is -1.63. The third-order valence-electron chi connectivity index (χ3n) is 2.04. The van der Waals surface area contributed by atoms with E-state index in [0.29, 0.717) is 0 Å². The predicted molar refractivity (Wildman–Crippen MR) is 61.0 cm³/mol. The summed E-state index contributed by atoms with van der Waals surface area (Å²) in [7, 11) is 0. The number of carboxylic acid groups (broad SMARTS) is 1. The number of nitrogens with zero attached hydrogens (tertiary/aromatic N) is 2. The molecule has 0 saturated heterocycles. The normalized spacial score (nSPS) is 9.78. The molecule has 0 saturated carbocycles. The van der Waals surface area contributed by atoms with Gasteiger partial charge >= 0.3 is 11.7 Å². The molecule has 2 N–H and O–H groups in total. The lowest BCUT2D eigenvalue weighted by atomic mass is 10.2. The Morgan fingerprint density at radius 1 is 1.44 bits per heavy atom. The van der Waals surface area contributed by atoms with Gasteiger partial charge in [0.1, 0.15) is 0 Å². The number of nitro groups is 1. The SMILES string of the molecule is O=C(O)CCCC(=O)Nc1ncccc1[N+](=O)[O-]. The molecule has 1 aromatic rings. The van der Waals surface area contributed by atoms with E-state index in [9.17, 15) is 19.7 Å². The Hall–Kier alpha value is -2.51. The van der Waals surface area contributed by atoms with Crippen LogP contribution in [0.4, 0.5) is 11.5 Å². The van der Waals surface area contributed by atoms with E-state index in [1.807, 2.05) is 0 Å². The molecular formula is C10H11N3O5. The van der Waals surface area contributed by atoms with Crippen molar-refractivity contribution >= 4 is 23.4 Å². The number of anilines is 1. The minimum Gasteiger partial charge on any atom is -0.481 e. The van der Waals surface area contributed by atoms with E-state index >= 15 is 0 Å². The quantitative estimate of drug-likeness (QED) is 0.579. The fraction of sp³-hybridized carbons (Fsp3) is 0.300. The number of rotatable bonds is 6. The Bertz CT molecular complexity index is 474.